The zero-order chi connectivity index (χ0) is 15.5. The van der Waals surface area contributed by atoms with Crippen LogP contribution in [0.4, 0.5) is 0 Å². The van der Waals surface area contributed by atoms with Crippen LogP contribution in [0.25, 0.3) is 0 Å². The second-order valence-electron chi connectivity index (χ2n) is 8.24. The van der Waals surface area contributed by atoms with Crippen LogP contribution in [-0.4, -0.2) is 63.2 Å². The van der Waals surface area contributed by atoms with E-state index in [-0.39, 0.29) is 5.41 Å². The molecule has 3 aliphatic heterocycles. The molecule has 4 rings (SSSR count). The van der Waals surface area contributed by atoms with Crippen molar-refractivity contribution in [1.82, 2.24) is 4.90 Å². The third-order valence-electron chi connectivity index (χ3n) is 6.69. The van der Waals surface area contributed by atoms with Gasteiger partial charge in [0.2, 0.25) is 0 Å². The molecule has 4 heteroatoms. The van der Waals surface area contributed by atoms with Gasteiger partial charge in [-0.2, -0.15) is 0 Å². The van der Waals surface area contributed by atoms with Crippen LogP contribution >= 0.6 is 0 Å². The second-order valence-corrected chi connectivity index (χ2v) is 8.24. The maximum absolute atomic E-state index is 6.29. The zero-order valence-corrected chi connectivity index (χ0v) is 14.5. The fourth-order valence-corrected chi connectivity index (χ4v) is 4.94. The highest BCUT2D eigenvalue weighted by atomic mass is 16.5. The summed E-state index contributed by atoms with van der Waals surface area (Å²) < 4.78 is 17.9. The Balaban J connectivity index is 1.34. The summed E-state index contributed by atoms with van der Waals surface area (Å²) in [4.78, 5) is 2.76. The molecule has 4 fully saturated rings. The standard InChI is InChI=1S/C19H33NO3/c1-3-17(4-1)20-9-5-18-19(14-20,8-2-10-23-18)15-22-13-16-6-11-21-12-7-16/h16-18H,1-15H2/t18-,19-/m0/s1. The van der Waals surface area contributed by atoms with Crippen molar-refractivity contribution >= 4 is 0 Å². The third kappa shape index (κ3) is 3.60. The van der Waals surface area contributed by atoms with Crippen molar-refractivity contribution < 1.29 is 14.2 Å². The summed E-state index contributed by atoms with van der Waals surface area (Å²) in [6, 6.07) is 0.852. The van der Waals surface area contributed by atoms with Crippen molar-refractivity contribution in [2.45, 2.75) is 63.5 Å². The minimum Gasteiger partial charge on any atom is -0.381 e. The molecule has 2 atom stereocenters. The molecule has 1 aliphatic carbocycles. The Morgan fingerprint density at radius 3 is 2.65 bits per heavy atom. The largest absolute Gasteiger partial charge is 0.381 e. The number of hydrogen-bond donors (Lipinski definition) is 0. The van der Waals surface area contributed by atoms with Gasteiger partial charge in [0.15, 0.2) is 0 Å². The van der Waals surface area contributed by atoms with E-state index in [9.17, 15) is 0 Å². The van der Waals surface area contributed by atoms with Gasteiger partial charge >= 0.3 is 0 Å². The molecule has 0 amide bonds. The first kappa shape index (κ1) is 16.3. The molecule has 132 valence electrons. The lowest BCUT2D eigenvalue weighted by Gasteiger charge is -2.53. The van der Waals surface area contributed by atoms with Crippen molar-refractivity contribution in [2.75, 3.05) is 46.1 Å². The molecule has 0 radical (unpaired) electrons. The van der Waals surface area contributed by atoms with E-state index in [1.165, 1.54) is 64.5 Å². The van der Waals surface area contributed by atoms with E-state index in [2.05, 4.69) is 4.90 Å². The van der Waals surface area contributed by atoms with Gasteiger partial charge in [0.05, 0.1) is 12.7 Å². The van der Waals surface area contributed by atoms with Crippen molar-refractivity contribution in [2.24, 2.45) is 11.3 Å². The minimum atomic E-state index is 0.261. The molecule has 23 heavy (non-hydrogen) atoms. The van der Waals surface area contributed by atoms with Crippen LogP contribution < -0.4 is 0 Å². The Labute approximate surface area is 140 Å². The Morgan fingerprint density at radius 2 is 1.87 bits per heavy atom. The number of hydrogen-bond acceptors (Lipinski definition) is 4. The van der Waals surface area contributed by atoms with E-state index in [1.807, 2.05) is 0 Å². The van der Waals surface area contributed by atoms with Gasteiger partial charge in [-0.1, -0.05) is 6.42 Å². The topological polar surface area (TPSA) is 30.9 Å². The van der Waals surface area contributed by atoms with E-state index < -0.39 is 0 Å². The van der Waals surface area contributed by atoms with Crippen LogP contribution in [0.15, 0.2) is 0 Å². The van der Waals surface area contributed by atoms with Crippen LogP contribution in [0.5, 0.6) is 0 Å². The molecule has 0 bridgehead atoms. The number of rotatable bonds is 5. The lowest BCUT2D eigenvalue weighted by molar-refractivity contribution is -0.164. The molecular formula is C19H33NO3. The quantitative estimate of drug-likeness (QED) is 0.778. The van der Waals surface area contributed by atoms with Gasteiger partial charge < -0.3 is 14.2 Å². The van der Waals surface area contributed by atoms with Gasteiger partial charge in [-0.25, -0.2) is 0 Å². The molecule has 4 nitrogen and oxygen atoms in total. The van der Waals surface area contributed by atoms with Crippen molar-refractivity contribution in [3.63, 3.8) is 0 Å². The Kier molecular flexibility index (Phi) is 5.24. The third-order valence-corrected chi connectivity index (χ3v) is 6.69. The Hall–Kier alpha value is -0.160. The van der Waals surface area contributed by atoms with Crippen molar-refractivity contribution in [3.05, 3.63) is 0 Å². The zero-order valence-electron chi connectivity index (χ0n) is 14.5. The molecular weight excluding hydrogens is 290 g/mol. The molecule has 0 spiro atoms. The number of ether oxygens (including phenoxy) is 3. The maximum atomic E-state index is 6.29. The SMILES string of the molecule is C1CC(N2CC[C@@H]3OCCC[C@@]3(COCC3CCOCC3)C2)C1. The summed E-state index contributed by atoms with van der Waals surface area (Å²) in [5, 5.41) is 0. The summed E-state index contributed by atoms with van der Waals surface area (Å²) in [6.45, 7) is 7.04. The van der Waals surface area contributed by atoms with Crippen LogP contribution in [0.1, 0.15) is 51.4 Å². The van der Waals surface area contributed by atoms with E-state index in [1.54, 1.807) is 0 Å². The lowest BCUT2D eigenvalue weighted by atomic mass is 9.72. The summed E-state index contributed by atoms with van der Waals surface area (Å²) in [6.07, 6.45) is 10.7. The van der Waals surface area contributed by atoms with Gasteiger partial charge in [-0.15, -0.1) is 0 Å². The monoisotopic (exact) mass is 323 g/mol. The Bertz CT molecular complexity index is 381. The van der Waals surface area contributed by atoms with Crippen molar-refractivity contribution in [1.29, 1.82) is 0 Å². The summed E-state index contributed by atoms with van der Waals surface area (Å²) in [7, 11) is 0. The molecule has 4 aliphatic rings. The van der Waals surface area contributed by atoms with Gasteiger partial charge in [-0.05, 0) is 50.9 Å². The normalized spacial score (nSPS) is 37.3. The van der Waals surface area contributed by atoms with E-state index in [0.29, 0.717) is 12.0 Å². The molecule has 0 aromatic carbocycles. The fraction of sp³-hybridized carbons (Fsp3) is 1.00. The average molecular weight is 323 g/mol. The molecule has 0 aromatic rings. The first-order valence-electron chi connectivity index (χ1n) is 9.87. The molecule has 0 unspecified atom stereocenters. The van der Waals surface area contributed by atoms with E-state index >= 15 is 0 Å². The smallest absolute Gasteiger partial charge is 0.0677 e. The van der Waals surface area contributed by atoms with Crippen LogP contribution in [0.3, 0.4) is 0 Å². The predicted octanol–water partition coefficient (Wildman–Crippen LogP) is 2.85. The summed E-state index contributed by atoms with van der Waals surface area (Å²) >= 11 is 0. The number of fused-ring (bicyclic) bond motifs is 1. The Morgan fingerprint density at radius 1 is 1.00 bits per heavy atom. The minimum absolute atomic E-state index is 0.261. The van der Waals surface area contributed by atoms with Crippen LogP contribution in [-0.2, 0) is 14.2 Å². The highest BCUT2D eigenvalue weighted by Crippen LogP contribution is 2.42. The molecule has 0 N–H and O–H groups in total. The number of likely N-dealkylation sites (tertiary alicyclic amines) is 1. The van der Waals surface area contributed by atoms with E-state index in [4.69, 9.17) is 14.2 Å². The van der Waals surface area contributed by atoms with Gasteiger partial charge in [0.1, 0.15) is 0 Å². The number of nitrogens with zero attached hydrogens (tertiary/aromatic N) is 1. The first-order valence-corrected chi connectivity index (χ1v) is 9.87. The lowest BCUT2D eigenvalue weighted by Crippen LogP contribution is -2.59. The molecule has 3 heterocycles. The number of piperidine rings is 1. The predicted molar refractivity (Wildman–Crippen MR) is 89.6 cm³/mol. The first-order chi connectivity index (χ1) is 11.4. The van der Waals surface area contributed by atoms with Gasteiger partial charge in [0.25, 0.3) is 0 Å². The van der Waals surface area contributed by atoms with Crippen LogP contribution in [0, 0.1) is 11.3 Å². The summed E-state index contributed by atoms with van der Waals surface area (Å²) in [5.41, 5.74) is 0.261. The molecule has 3 saturated heterocycles. The average Bonchev–Trinajstić information content (AvgIpc) is 2.54. The highest BCUT2D eigenvalue weighted by Gasteiger charge is 2.47. The highest BCUT2D eigenvalue weighted by molar-refractivity contribution is 4.99. The second kappa shape index (κ2) is 7.38. The molecule has 1 saturated carbocycles. The van der Waals surface area contributed by atoms with E-state index in [0.717, 1.165) is 39.1 Å². The van der Waals surface area contributed by atoms with Gasteiger partial charge in [-0.3, -0.25) is 4.90 Å². The fourth-order valence-electron chi connectivity index (χ4n) is 4.94. The van der Waals surface area contributed by atoms with Crippen LogP contribution in [0.2, 0.25) is 0 Å². The molecule has 0 aromatic heterocycles. The summed E-state index contributed by atoms with van der Waals surface area (Å²) in [5.74, 6) is 0.703. The maximum Gasteiger partial charge on any atom is 0.0677 e. The van der Waals surface area contributed by atoms with Crippen molar-refractivity contribution in [3.8, 4) is 0 Å². The van der Waals surface area contributed by atoms with Gasteiger partial charge in [0, 0.05) is 51.0 Å².